The lowest BCUT2D eigenvalue weighted by atomic mass is 10.2. The average Bonchev–Trinajstić information content (AvgIpc) is 3.31. The van der Waals surface area contributed by atoms with Crippen molar-refractivity contribution >= 4 is 28.8 Å². The summed E-state index contributed by atoms with van der Waals surface area (Å²) < 4.78 is 0. The molecule has 0 bridgehead atoms. The molecular formula is C18H19N5O. The summed E-state index contributed by atoms with van der Waals surface area (Å²) in [6, 6.07) is 8.61. The van der Waals surface area contributed by atoms with Gasteiger partial charge >= 0.3 is 0 Å². The third-order valence-electron chi connectivity index (χ3n) is 4.34. The lowest BCUT2D eigenvalue weighted by molar-refractivity contribution is -0.114. The molecule has 1 amide bonds. The molecular weight excluding hydrogens is 302 g/mol. The zero-order valence-corrected chi connectivity index (χ0v) is 13.6. The highest BCUT2D eigenvalue weighted by molar-refractivity contribution is 6.38. The minimum absolute atomic E-state index is 0.117. The van der Waals surface area contributed by atoms with Gasteiger partial charge in [0.05, 0.1) is 6.20 Å². The molecule has 4 rings (SSSR count). The van der Waals surface area contributed by atoms with Gasteiger partial charge in [0.1, 0.15) is 17.7 Å². The molecule has 122 valence electrons. The smallest absolute Gasteiger partial charge is 0.265 e. The highest BCUT2D eigenvalue weighted by Gasteiger charge is 2.25. The average molecular weight is 321 g/mol. The summed E-state index contributed by atoms with van der Waals surface area (Å²) in [7, 11) is 0. The quantitative estimate of drug-likeness (QED) is 0.879. The van der Waals surface area contributed by atoms with Crippen molar-refractivity contribution in [3.63, 3.8) is 0 Å². The van der Waals surface area contributed by atoms with E-state index in [2.05, 4.69) is 37.3 Å². The van der Waals surface area contributed by atoms with E-state index in [9.17, 15) is 4.79 Å². The zero-order valence-electron chi connectivity index (χ0n) is 13.6. The van der Waals surface area contributed by atoms with Gasteiger partial charge in [-0.05, 0) is 37.8 Å². The van der Waals surface area contributed by atoms with Crippen LogP contribution in [-0.4, -0.2) is 34.2 Å². The first-order valence-electron chi connectivity index (χ1n) is 8.24. The van der Waals surface area contributed by atoms with Crippen molar-refractivity contribution in [2.24, 2.45) is 4.99 Å². The van der Waals surface area contributed by atoms with Crippen LogP contribution in [-0.2, 0) is 11.2 Å². The Labute approximate surface area is 140 Å². The second-order valence-corrected chi connectivity index (χ2v) is 6.21. The van der Waals surface area contributed by atoms with Gasteiger partial charge in [-0.3, -0.25) is 4.79 Å². The summed E-state index contributed by atoms with van der Waals surface area (Å²) >= 11 is 0. The molecule has 0 unspecified atom stereocenters. The Bertz CT molecular complexity index is 813. The van der Waals surface area contributed by atoms with Gasteiger partial charge in [-0.1, -0.05) is 18.2 Å². The Morgan fingerprint density at radius 3 is 3.00 bits per heavy atom. The van der Waals surface area contributed by atoms with Gasteiger partial charge in [0, 0.05) is 18.3 Å². The van der Waals surface area contributed by atoms with Crippen molar-refractivity contribution in [2.75, 3.05) is 11.4 Å². The monoisotopic (exact) mass is 321 g/mol. The van der Waals surface area contributed by atoms with E-state index in [1.807, 2.05) is 12.1 Å². The highest BCUT2D eigenvalue weighted by Crippen LogP contribution is 2.37. The molecule has 2 heterocycles. The number of aliphatic imine (C=N–C) groups is 1. The van der Waals surface area contributed by atoms with E-state index in [0.29, 0.717) is 17.4 Å². The van der Waals surface area contributed by atoms with Crippen LogP contribution in [0.1, 0.15) is 25.3 Å². The lowest BCUT2D eigenvalue weighted by Crippen LogP contribution is -2.31. The molecule has 0 radical (unpaired) electrons. The zero-order chi connectivity index (χ0) is 16.5. The number of hydrogen-bond acceptors (Lipinski definition) is 5. The van der Waals surface area contributed by atoms with E-state index >= 15 is 0 Å². The number of carbonyl (C=O) groups is 1. The number of anilines is 2. The maximum atomic E-state index is 12.1. The second-order valence-electron chi connectivity index (χ2n) is 6.21. The van der Waals surface area contributed by atoms with Crippen LogP contribution in [0.2, 0.25) is 0 Å². The van der Waals surface area contributed by atoms with Crippen LogP contribution in [0.4, 0.5) is 17.2 Å². The SMILES string of the molecule is C/C(=N\c1cncnc1N1CCc2ccccc21)C(=O)NC1CC1. The van der Waals surface area contributed by atoms with Crippen LogP contribution in [0.25, 0.3) is 0 Å². The molecule has 24 heavy (non-hydrogen) atoms. The number of rotatable bonds is 4. The highest BCUT2D eigenvalue weighted by atomic mass is 16.2. The van der Waals surface area contributed by atoms with Crippen LogP contribution in [0.5, 0.6) is 0 Å². The normalized spacial score (nSPS) is 16.9. The largest absolute Gasteiger partial charge is 0.348 e. The fourth-order valence-electron chi connectivity index (χ4n) is 2.91. The molecule has 1 N–H and O–H groups in total. The number of benzene rings is 1. The van der Waals surface area contributed by atoms with Crippen molar-refractivity contribution in [3.8, 4) is 0 Å². The summed E-state index contributed by atoms with van der Waals surface area (Å²) in [6.07, 6.45) is 6.28. The first-order valence-corrected chi connectivity index (χ1v) is 8.24. The van der Waals surface area contributed by atoms with Gasteiger partial charge in [0.2, 0.25) is 0 Å². The molecule has 0 saturated heterocycles. The maximum absolute atomic E-state index is 12.1. The molecule has 1 fully saturated rings. The van der Waals surface area contributed by atoms with Gasteiger partial charge < -0.3 is 10.2 Å². The number of carbonyl (C=O) groups excluding carboxylic acids is 1. The summed E-state index contributed by atoms with van der Waals surface area (Å²) in [6.45, 7) is 2.58. The fraction of sp³-hybridized carbons (Fsp3) is 0.333. The van der Waals surface area contributed by atoms with Crippen LogP contribution in [0.3, 0.4) is 0 Å². The Morgan fingerprint density at radius 2 is 2.17 bits per heavy atom. The molecule has 1 aromatic heterocycles. The third-order valence-corrected chi connectivity index (χ3v) is 4.34. The molecule has 1 aliphatic carbocycles. The Balaban J connectivity index is 1.65. The van der Waals surface area contributed by atoms with Crippen LogP contribution in [0, 0.1) is 0 Å². The van der Waals surface area contributed by atoms with E-state index in [4.69, 9.17) is 0 Å². The van der Waals surface area contributed by atoms with Gasteiger partial charge in [0.15, 0.2) is 5.82 Å². The maximum Gasteiger partial charge on any atom is 0.265 e. The molecule has 1 aliphatic heterocycles. The number of amides is 1. The van der Waals surface area contributed by atoms with Crippen LogP contribution < -0.4 is 10.2 Å². The Morgan fingerprint density at radius 1 is 1.33 bits per heavy atom. The predicted molar refractivity (Wildman–Crippen MR) is 93.1 cm³/mol. The van der Waals surface area contributed by atoms with E-state index < -0.39 is 0 Å². The third kappa shape index (κ3) is 2.87. The van der Waals surface area contributed by atoms with E-state index in [-0.39, 0.29) is 5.91 Å². The van der Waals surface area contributed by atoms with Crippen molar-refractivity contribution < 1.29 is 4.79 Å². The molecule has 1 aromatic carbocycles. The topological polar surface area (TPSA) is 70.5 Å². The fourth-order valence-corrected chi connectivity index (χ4v) is 2.91. The molecule has 2 aromatic rings. The minimum Gasteiger partial charge on any atom is -0.348 e. The van der Waals surface area contributed by atoms with E-state index in [1.165, 1.54) is 11.9 Å². The van der Waals surface area contributed by atoms with Crippen molar-refractivity contribution in [2.45, 2.75) is 32.2 Å². The number of aromatic nitrogens is 2. The molecule has 2 aliphatic rings. The summed E-state index contributed by atoms with van der Waals surface area (Å²) in [4.78, 5) is 27.3. The van der Waals surface area contributed by atoms with Crippen LogP contribution >= 0.6 is 0 Å². The number of nitrogens with zero attached hydrogens (tertiary/aromatic N) is 4. The van der Waals surface area contributed by atoms with Crippen molar-refractivity contribution in [1.82, 2.24) is 15.3 Å². The Kier molecular flexibility index (Phi) is 3.72. The van der Waals surface area contributed by atoms with E-state index in [1.54, 1.807) is 13.1 Å². The number of fused-ring (bicyclic) bond motifs is 1. The molecule has 6 heteroatoms. The number of para-hydroxylation sites is 1. The van der Waals surface area contributed by atoms with Crippen molar-refractivity contribution in [1.29, 1.82) is 0 Å². The first-order chi connectivity index (χ1) is 11.7. The number of nitrogens with one attached hydrogen (secondary N) is 1. The van der Waals surface area contributed by atoms with E-state index in [0.717, 1.165) is 37.3 Å². The van der Waals surface area contributed by atoms with Crippen molar-refractivity contribution in [3.05, 3.63) is 42.4 Å². The summed E-state index contributed by atoms with van der Waals surface area (Å²) in [5.41, 5.74) is 3.50. The molecule has 0 spiro atoms. The summed E-state index contributed by atoms with van der Waals surface area (Å²) in [5.74, 6) is 0.627. The minimum atomic E-state index is -0.117. The van der Waals surface area contributed by atoms with Crippen LogP contribution in [0.15, 0.2) is 41.8 Å². The molecule has 6 nitrogen and oxygen atoms in total. The van der Waals surface area contributed by atoms with Gasteiger partial charge in [-0.15, -0.1) is 0 Å². The standard InChI is InChI=1S/C18H19N5O/c1-12(18(24)22-14-6-7-14)21-15-10-19-11-20-17(15)23-9-8-13-4-2-3-5-16(13)23/h2-5,10-11,14H,6-9H2,1H3,(H,22,24)/b21-12+. The molecule has 0 atom stereocenters. The Hall–Kier alpha value is -2.76. The first kappa shape index (κ1) is 14.8. The summed E-state index contributed by atoms with van der Waals surface area (Å²) in [5, 5.41) is 2.95. The number of hydrogen-bond donors (Lipinski definition) is 1. The molecule has 1 saturated carbocycles. The van der Waals surface area contributed by atoms with Gasteiger partial charge in [0.25, 0.3) is 5.91 Å². The predicted octanol–water partition coefficient (Wildman–Crippen LogP) is 2.54. The van der Waals surface area contributed by atoms with Gasteiger partial charge in [-0.2, -0.15) is 0 Å². The second kappa shape index (κ2) is 6.03. The lowest BCUT2D eigenvalue weighted by Gasteiger charge is -2.19. The van der Waals surface area contributed by atoms with Gasteiger partial charge in [-0.25, -0.2) is 15.0 Å².